The molecule has 0 saturated heterocycles. The van der Waals surface area contributed by atoms with E-state index in [0.717, 1.165) is 0 Å². The number of esters is 1. The molecule has 0 radical (unpaired) electrons. The molecule has 3 rings (SSSR count). The maximum atomic E-state index is 12.9. The van der Waals surface area contributed by atoms with Crippen LogP contribution < -0.4 is 10.6 Å². The second-order valence-electron chi connectivity index (χ2n) is 5.44. The highest BCUT2D eigenvalue weighted by Crippen LogP contribution is 2.17. The van der Waals surface area contributed by atoms with Gasteiger partial charge < -0.3 is 15.4 Å². The summed E-state index contributed by atoms with van der Waals surface area (Å²) in [5, 5.41) is 5.65. The van der Waals surface area contributed by atoms with Gasteiger partial charge in [-0.25, -0.2) is 19.2 Å². The number of rotatable bonds is 5. The number of carbonyl (C=O) groups is 2. The first kappa shape index (κ1) is 18.0. The normalized spacial score (nSPS) is 10.1. The Bertz CT molecular complexity index is 959. The minimum atomic E-state index is -0.451. The van der Waals surface area contributed by atoms with Crippen molar-refractivity contribution < 1.29 is 18.7 Å². The van der Waals surface area contributed by atoms with Crippen LogP contribution in [-0.4, -0.2) is 29.0 Å². The van der Waals surface area contributed by atoms with E-state index in [4.69, 9.17) is 0 Å². The molecule has 1 aromatic heterocycles. The van der Waals surface area contributed by atoms with E-state index in [0.29, 0.717) is 22.8 Å². The fraction of sp³-hybridized carbons (Fsp3) is 0.0526. The van der Waals surface area contributed by atoms with Gasteiger partial charge in [-0.05, 0) is 48.5 Å². The zero-order valence-electron chi connectivity index (χ0n) is 14.3. The predicted octanol–water partition coefficient (Wildman–Crippen LogP) is 3.40. The van der Waals surface area contributed by atoms with Crippen molar-refractivity contribution in [1.82, 2.24) is 9.97 Å². The summed E-state index contributed by atoms with van der Waals surface area (Å²) in [5.41, 5.74) is 1.69. The molecule has 3 aromatic rings. The summed E-state index contributed by atoms with van der Waals surface area (Å²) in [6, 6.07) is 13.5. The lowest BCUT2D eigenvalue weighted by molar-refractivity contribution is 0.0600. The van der Waals surface area contributed by atoms with E-state index in [1.165, 1.54) is 43.8 Å². The number of methoxy groups -OCH3 is 1. The number of hydrogen-bond donors (Lipinski definition) is 2. The minimum absolute atomic E-state index is 0.142. The zero-order valence-corrected chi connectivity index (χ0v) is 14.3. The lowest BCUT2D eigenvalue weighted by Crippen LogP contribution is -2.14. The second kappa shape index (κ2) is 8.05. The summed E-state index contributed by atoms with van der Waals surface area (Å²) < 4.78 is 17.6. The molecule has 7 nitrogen and oxygen atoms in total. The number of benzene rings is 2. The van der Waals surface area contributed by atoms with Gasteiger partial charge in [0, 0.05) is 17.4 Å². The van der Waals surface area contributed by atoms with Crippen LogP contribution in [0.3, 0.4) is 0 Å². The Kier molecular flexibility index (Phi) is 5.36. The lowest BCUT2D eigenvalue weighted by atomic mass is 10.2. The molecule has 0 bridgehead atoms. The van der Waals surface area contributed by atoms with Crippen LogP contribution in [0.4, 0.5) is 21.6 Å². The highest BCUT2D eigenvalue weighted by atomic mass is 19.1. The van der Waals surface area contributed by atoms with Crippen molar-refractivity contribution in [3.8, 4) is 0 Å². The molecular formula is C19H15FN4O3. The molecule has 0 aliphatic heterocycles. The molecule has 0 aliphatic rings. The minimum Gasteiger partial charge on any atom is -0.465 e. The summed E-state index contributed by atoms with van der Waals surface area (Å²) in [4.78, 5) is 31.7. The average molecular weight is 366 g/mol. The molecule has 2 aromatic carbocycles. The Labute approximate surface area is 154 Å². The number of amides is 1. The first-order valence-electron chi connectivity index (χ1n) is 7.89. The highest BCUT2D eigenvalue weighted by molar-refractivity contribution is 6.03. The Morgan fingerprint density at radius 3 is 2.30 bits per heavy atom. The van der Waals surface area contributed by atoms with E-state index in [1.807, 2.05) is 0 Å². The molecular weight excluding hydrogens is 351 g/mol. The van der Waals surface area contributed by atoms with Gasteiger partial charge in [0.2, 0.25) is 0 Å². The van der Waals surface area contributed by atoms with Crippen molar-refractivity contribution in [2.75, 3.05) is 17.7 Å². The average Bonchev–Trinajstić information content (AvgIpc) is 2.70. The summed E-state index contributed by atoms with van der Waals surface area (Å²) in [6.07, 6.45) is 1.25. The molecule has 0 saturated carbocycles. The van der Waals surface area contributed by atoms with Crippen LogP contribution in [0, 0.1) is 5.82 Å². The fourth-order valence-corrected chi connectivity index (χ4v) is 2.23. The number of nitrogens with one attached hydrogen (secondary N) is 2. The number of aromatic nitrogens is 2. The number of halogens is 1. The first-order valence-corrected chi connectivity index (χ1v) is 7.89. The van der Waals surface area contributed by atoms with Crippen LogP contribution in [0.1, 0.15) is 20.8 Å². The summed E-state index contributed by atoms with van der Waals surface area (Å²) >= 11 is 0. The molecule has 8 heteroatoms. The van der Waals surface area contributed by atoms with Crippen molar-refractivity contribution in [2.24, 2.45) is 0 Å². The van der Waals surface area contributed by atoms with Crippen LogP contribution in [0.25, 0.3) is 0 Å². The molecule has 0 aliphatic carbocycles. The smallest absolute Gasteiger partial charge is 0.337 e. The largest absolute Gasteiger partial charge is 0.465 e. The van der Waals surface area contributed by atoms with Crippen molar-refractivity contribution in [3.05, 3.63) is 78.0 Å². The van der Waals surface area contributed by atoms with Crippen LogP contribution in [0.15, 0.2) is 60.9 Å². The van der Waals surface area contributed by atoms with Gasteiger partial charge >= 0.3 is 5.97 Å². The van der Waals surface area contributed by atoms with E-state index in [1.54, 1.807) is 24.3 Å². The first-order chi connectivity index (χ1) is 13.0. The van der Waals surface area contributed by atoms with Crippen molar-refractivity contribution in [1.29, 1.82) is 0 Å². The molecule has 0 unspecified atom stereocenters. The van der Waals surface area contributed by atoms with E-state index < -0.39 is 11.9 Å². The van der Waals surface area contributed by atoms with Gasteiger partial charge in [-0.2, -0.15) is 0 Å². The molecule has 0 spiro atoms. The third-order valence-corrected chi connectivity index (χ3v) is 3.58. The lowest BCUT2D eigenvalue weighted by Gasteiger charge is -2.08. The number of anilines is 3. The second-order valence-corrected chi connectivity index (χ2v) is 5.44. The van der Waals surface area contributed by atoms with Crippen LogP contribution in [0.2, 0.25) is 0 Å². The fourth-order valence-electron chi connectivity index (χ4n) is 2.23. The number of nitrogens with zero attached hydrogens (tertiary/aromatic N) is 2. The number of hydrogen-bond acceptors (Lipinski definition) is 6. The number of ether oxygens (including phenoxy) is 1. The molecule has 1 amide bonds. The van der Waals surface area contributed by atoms with Gasteiger partial charge in [0.15, 0.2) is 0 Å². The van der Waals surface area contributed by atoms with Crippen LogP contribution in [0.5, 0.6) is 0 Å². The monoisotopic (exact) mass is 366 g/mol. The SMILES string of the molecule is COC(=O)c1ccc(Nc2cc(C(=O)Nc3ccc(F)cc3)ncn2)cc1. The Morgan fingerprint density at radius 2 is 1.63 bits per heavy atom. The molecule has 1 heterocycles. The Morgan fingerprint density at radius 1 is 0.963 bits per heavy atom. The van der Waals surface area contributed by atoms with E-state index in [9.17, 15) is 14.0 Å². The summed E-state index contributed by atoms with van der Waals surface area (Å²) in [6.45, 7) is 0. The highest BCUT2D eigenvalue weighted by Gasteiger charge is 2.10. The van der Waals surface area contributed by atoms with Crippen molar-refractivity contribution in [3.63, 3.8) is 0 Å². The van der Waals surface area contributed by atoms with Gasteiger partial charge in [-0.1, -0.05) is 0 Å². The van der Waals surface area contributed by atoms with Gasteiger partial charge in [-0.15, -0.1) is 0 Å². The van der Waals surface area contributed by atoms with E-state index >= 15 is 0 Å². The zero-order chi connectivity index (χ0) is 19.2. The molecule has 2 N–H and O–H groups in total. The van der Waals surface area contributed by atoms with Crippen LogP contribution in [-0.2, 0) is 4.74 Å². The third kappa shape index (κ3) is 4.63. The van der Waals surface area contributed by atoms with Crippen molar-refractivity contribution >= 4 is 29.1 Å². The predicted molar refractivity (Wildman–Crippen MR) is 97.4 cm³/mol. The summed E-state index contributed by atoms with van der Waals surface area (Å²) in [5.74, 6) is -0.865. The topological polar surface area (TPSA) is 93.2 Å². The number of carbonyl (C=O) groups excluding carboxylic acids is 2. The van der Waals surface area contributed by atoms with E-state index in [2.05, 4.69) is 25.3 Å². The van der Waals surface area contributed by atoms with E-state index in [-0.39, 0.29) is 11.5 Å². The Balaban J connectivity index is 1.70. The maximum absolute atomic E-state index is 12.9. The maximum Gasteiger partial charge on any atom is 0.337 e. The molecule has 0 atom stereocenters. The van der Waals surface area contributed by atoms with Crippen molar-refractivity contribution in [2.45, 2.75) is 0 Å². The molecule has 27 heavy (non-hydrogen) atoms. The summed E-state index contributed by atoms with van der Waals surface area (Å²) in [7, 11) is 1.31. The van der Waals surface area contributed by atoms with Gasteiger partial charge in [-0.3, -0.25) is 4.79 Å². The van der Waals surface area contributed by atoms with Gasteiger partial charge in [0.1, 0.15) is 23.7 Å². The van der Waals surface area contributed by atoms with Gasteiger partial charge in [0.05, 0.1) is 12.7 Å². The molecule has 0 fully saturated rings. The van der Waals surface area contributed by atoms with Gasteiger partial charge in [0.25, 0.3) is 5.91 Å². The third-order valence-electron chi connectivity index (χ3n) is 3.58. The quantitative estimate of drug-likeness (QED) is 0.672. The Hall–Kier alpha value is -3.81. The molecule has 136 valence electrons. The van der Waals surface area contributed by atoms with Crippen LogP contribution >= 0.6 is 0 Å². The standard InChI is InChI=1S/C19H15FN4O3/c1-27-19(26)12-2-6-14(7-3-12)23-17-10-16(21-11-22-17)18(25)24-15-8-4-13(20)5-9-15/h2-11H,1H3,(H,24,25)(H,21,22,23).